The molecule has 2 unspecified atom stereocenters. The quantitative estimate of drug-likeness (QED) is 0.835. The number of rotatable bonds is 2. The maximum absolute atomic E-state index is 13.1. The SMILES string of the molecule is CC1CN(S(=O)(=O)c2ccccc2)CC(C(F)(F)F)N1C. The average Bonchev–Trinajstić information content (AvgIpc) is 2.41. The van der Waals surface area contributed by atoms with Crippen molar-refractivity contribution in [3.8, 4) is 0 Å². The lowest BCUT2D eigenvalue weighted by atomic mass is 10.1. The molecule has 1 aliphatic rings. The van der Waals surface area contributed by atoms with Gasteiger partial charge in [0.1, 0.15) is 6.04 Å². The van der Waals surface area contributed by atoms with E-state index in [9.17, 15) is 21.6 Å². The van der Waals surface area contributed by atoms with Crippen LogP contribution in [0.25, 0.3) is 0 Å². The minimum atomic E-state index is -4.46. The van der Waals surface area contributed by atoms with E-state index in [1.165, 1.54) is 24.1 Å². The van der Waals surface area contributed by atoms with Crippen LogP contribution in [0.1, 0.15) is 6.92 Å². The topological polar surface area (TPSA) is 40.6 Å². The molecule has 0 saturated carbocycles. The first-order chi connectivity index (χ1) is 9.64. The molecule has 0 amide bonds. The fourth-order valence-electron chi connectivity index (χ4n) is 2.40. The van der Waals surface area contributed by atoms with Crippen molar-refractivity contribution in [2.75, 3.05) is 20.1 Å². The largest absolute Gasteiger partial charge is 0.405 e. The van der Waals surface area contributed by atoms with Crippen molar-refractivity contribution in [1.82, 2.24) is 9.21 Å². The molecule has 0 radical (unpaired) electrons. The lowest BCUT2D eigenvalue weighted by Crippen LogP contribution is -2.62. The van der Waals surface area contributed by atoms with Crippen LogP contribution in [0.15, 0.2) is 35.2 Å². The van der Waals surface area contributed by atoms with Gasteiger partial charge in [-0.1, -0.05) is 18.2 Å². The molecular formula is C13H17F3N2O2S. The predicted molar refractivity (Wildman–Crippen MR) is 72.3 cm³/mol. The van der Waals surface area contributed by atoms with E-state index in [0.29, 0.717) is 0 Å². The summed E-state index contributed by atoms with van der Waals surface area (Å²) < 4.78 is 65.0. The summed E-state index contributed by atoms with van der Waals surface area (Å²) >= 11 is 0. The van der Waals surface area contributed by atoms with E-state index in [4.69, 9.17) is 0 Å². The zero-order chi connectivity index (χ0) is 15.8. The lowest BCUT2D eigenvalue weighted by Gasteiger charge is -2.43. The molecule has 4 nitrogen and oxygen atoms in total. The highest BCUT2D eigenvalue weighted by molar-refractivity contribution is 7.89. The zero-order valence-electron chi connectivity index (χ0n) is 11.7. The van der Waals surface area contributed by atoms with Crippen LogP contribution in [0.5, 0.6) is 0 Å². The standard InChI is InChI=1S/C13H17F3N2O2S/c1-10-8-18(9-12(17(10)2)13(14,15)16)21(19,20)11-6-4-3-5-7-11/h3-7,10,12H,8-9H2,1-2H3. The molecule has 1 aliphatic heterocycles. The molecule has 0 aliphatic carbocycles. The highest BCUT2D eigenvalue weighted by Gasteiger charge is 2.49. The number of nitrogens with zero attached hydrogens (tertiary/aromatic N) is 2. The van der Waals surface area contributed by atoms with Gasteiger partial charge in [0, 0.05) is 19.1 Å². The Morgan fingerprint density at radius 2 is 1.71 bits per heavy atom. The van der Waals surface area contributed by atoms with Crippen molar-refractivity contribution in [3.63, 3.8) is 0 Å². The first kappa shape index (κ1) is 16.3. The second-order valence-corrected chi connectivity index (χ2v) is 7.14. The van der Waals surface area contributed by atoms with Crippen LogP contribution in [0.2, 0.25) is 0 Å². The number of piperazine rings is 1. The first-order valence-corrected chi connectivity index (χ1v) is 7.92. The summed E-state index contributed by atoms with van der Waals surface area (Å²) in [5.74, 6) is 0. The molecular weight excluding hydrogens is 305 g/mol. The van der Waals surface area contributed by atoms with Crippen LogP contribution in [0.4, 0.5) is 13.2 Å². The van der Waals surface area contributed by atoms with Gasteiger partial charge in [0.25, 0.3) is 0 Å². The number of halogens is 3. The molecule has 1 heterocycles. The summed E-state index contributed by atoms with van der Waals surface area (Å²) in [6.07, 6.45) is -4.46. The second kappa shape index (κ2) is 5.58. The predicted octanol–water partition coefficient (Wildman–Crippen LogP) is 1.94. The Morgan fingerprint density at radius 3 is 2.24 bits per heavy atom. The third-order valence-corrected chi connectivity index (χ3v) is 5.64. The van der Waals surface area contributed by atoms with Gasteiger partial charge in [0.2, 0.25) is 10.0 Å². The molecule has 0 aromatic heterocycles. The van der Waals surface area contributed by atoms with Crippen LogP contribution in [0, 0.1) is 0 Å². The smallest absolute Gasteiger partial charge is 0.290 e. The van der Waals surface area contributed by atoms with E-state index in [-0.39, 0.29) is 11.4 Å². The molecule has 118 valence electrons. The van der Waals surface area contributed by atoms with Gasteiger partial charge in [0.05, 0.1) is 4.90 Å². The van der Waals surface area contributed by atoms with Crippen molar-refractivity contribution in [2.24, 2.45) is 0 Å². The third kappa shape index (κ3) is 3.22. The normalized spacial score (nSPS) is 26.0. The Labute approximate surface area is 122 Å². The van der Waals surface area contributed by atoms with Crippen LogP contribution >= 0.6 is 0 Å². The highest BCUT2D eigenvalue weighted by atomic mass is 32.2. The first-order valence-electron chi connectivity index (χ1n) is 6.48. The van der Waals surface area contributed by atoms with Gasteiger partial charge in [-0.3, -0.25) is 4.90 Å². The van der Waals surface area contributed by atoms with Crippen LogP contribution < -0.4 is 0 Å². The summed E-state index contributed by atoms with van der Waals surface area (Å²) in [6, 6.07) is 5.23. The maximum atomic E-state index is 13.1. The molecule has 2 atom stereocenters. The maximum Gasteiger partial charge on any atom is 0.405 e. The van der Waals surface area contributed by atoms with E-state index < -0.39 is 34.8 Å². The molecule has 1 aromatic rings. The van der Waals surface area contributed by atoms with E-state index >= 15 is 0 Å². The number of alkyl halides is 3. The van der Waals surface area contributed by atoms with E-state index in [2.05, 4.69) is 0 Å². The molecule has 0 spiro atoms. The van der Waals surface area contributed by atoms with Crippen LogP contribution in [0.3, 0.4) is 0 Å². The number of hydrogen-bond acceptors (Lipinski definition) is 3. The average molecular weight is 322 g/mol. The van der Waals surface area contributed by atoms with Crippen molar-refractivity contribution >= 4 is 10.0 Å². The molecule has 1 aromatic carbocycles. The second-order valence-electron chi connectivity index (χ2n) is 5.21. The van der Waals surface area contributed by atoms with Gasteiger partial charge in [-0.15, -0.1) is 0 Å². The summed E-state index contributed by atoms with van der Waals surface area (Å²) in [7, 11) is -2.53. The van der Waals surface area contributed by atoms with E-state index in [1.807, 2.05) is 0 Å². The highest BCUT2D eigenvalue weighted by Crippen LogP contribution is 2.31. The molecule has 0 bridgehead atoms. The van der Waals surface area contributed by atoms with Crippen LogP contribution in [-0.4, -0.2) is 56.0 Å². The molecule has 1 fully saturated rings. The fourth-order valence-corrected chi connectivity index (χ4v) is 3.95. The Balaban J connectivity index is 2.33. The van der Waals surface area contributed by atoms with Gasteiger partial charge < -0.3 is 0 Å². The minimum absolute atomic E-state index is 0.0164. The third-order valence-electron chi connectivity index (χ3n) is 3.79. The van der Waals surface area contributed by atoms with Gasteiger partial charge in [-0.25, -0.2) is 8.42 Å². The molecule has 2 rings (SSSR count). The Morgan fingerprint density at radius 1 is 1.14 bits per heavy atom. The Hall–Kier alpha value is -1.12. The van der Waals surface area contributed by atoms with Crippen molar-refractivity contribution in [3.05, 3.63) is 30.3 Å². The minimum Gasteiger partial charge on any atom is -0.290 e. The van der Waals surface area contributed by atoms with Crippen molar-refractivity contribution < 1.29 is 21.6 Å². The summed E-state index contributed by atoms with van der Waals surface area (Å²) in [6.45, 7) is 1.05. The molecule has 1 saturated heterocycles. The summed E-state index contributed by atoms with van der Waals surface area (Å²) in [5, 5.41) is 0. The van der Waals surface area contributed by atoms with E-state index in [0.717, 1.165) is 4.31 Å². The van der Waals surface area contributed by atoms with Crippen molar-refractivity contribution in [2.45, 2.75) is 30.1 Å². The molecule has 0 N–H and O–H groups in total. The monoisotopic (exact) mass is 322 g/mol. The summed E-state index contributed by atoms with van der Waals surface area (Å²) in [5.41, 5.74) is 0. The van der Waals surface area contributed by atoms with Gasteiger partial charge in [-0.05, 0) is 26.1 Å². The van der Waals surface area contributed by atoms with Crippen LogP contribution in [-0.2, 0) is 10.0 Å². The van der Waals surface area contributed by atoms with Gasteiger partial charge in [-0.2, -0.15) is 17.5 Å². The summed E-state index contributed by atoms with van der Waals surface area (Å²) in [4.78, 5) is 1.19. The van der Waals surface area contributed by atoms with E-state index in [1.54, 1.807) is 25.1 Å². The number of hydrogen-bond donors (Lipinski definition) is 0. The number of likely N-dealkylation sites (N-methyl/N-ethyl adjacent to an activating group) is 1. The Kier molecular flexibility index (Phi) is 4.32. The molecule has 8 heteroatoms. The molecule has 21 heavy (non-hydrogen) atoms. The van der Waals surface area contributed by atoms with Gasteiger partial charge >= 0.3 is 6.18 Å². The fraction of sp³-hybridized carbons (Fsp3) is 0.538. The van der Waals surface area contributed by atoms with Gasteiger partial charge in [0.15, 0.2) is 0 Å². The lowest BCUT2D eigenvalue weighted by molar-refractivity contribution is -0.194. The van der Waals surface area contributed by atoms with Crippen molar-refractivity contribution in [1.29, 1.82) is 0 Å². The number of sulfonamides is 1. The number of benzene rings is 1. The zero-order valence-corrected chi connectivity index (χ0v) is 12.5. The Bertz CT molecular complexity index is 589.